The first-order valence-electron chi connectivity index (χ1n) is 7.44. The third kappa shape index (κ3) is 2.63. The van der Waals surface area contributed by atoms with Crippen molar-refractivity contribution in [2.45, 2.75) is 12.0 Å². The largest absolute Gasteiger partial charge is 0.442 e. The number of nitrogens with one attached hydrogen (secondary N) is 2. The zero-order chi connectivity index (χ0) is 18.6. The first kappa shape index (κ1) is 17.2. The van der Waals surface area contributed by atoms with E-state index in [2.05, 4.69) is 9.71 Å². The Balaban J connectivity index is 1.84. The number of hydrogen-bond donors (Lipinski definition) is 2. The minimum absolute atomic E-state index is 0.266. The fraction of sp³-hybridized carbons (Fsp3) is 0.0588. The second kappa shape index (κ2) is 5.90. The Labute approximate surface area is 157 Å². The summed E-state index contributed by atoms with van der Waals surface area (Å²) < 4.78 is 47.0. The summed E-state index contributed by atoms with van der Waals surface area (Å²) in [6, 6.07) is 6.90. The van der Waals surface area contributed by atoms with E-state index in [1.54, 1.807) is 13.0 Å². The van der Waals surface area contributed by atoms with Crippen LogP contribution in [0.25, 0.3) is 21.9 Å². The Morgan fingerprint density at radius 3 is 2.69 bits per heavy atom. The van der Waals surface area contributed by atoms with E-state index in [0.717, 1.165) is 0 Å². The second-order valence-electron chi connectivity index (χ2n) is 5.74. The lowest BCUT2D eigenvalue weighted by Crippen LogP contribution is -2.13. The van der Waals surface area contributed by atoms with Gasteiger partial charge in [-0.25, -0.2) is 4.39 Å². The van der Waals surface area contributed by atoms with Crippen molar-refractivity contribution in [1.82, 2.24) is 4.98 Å². The van der Waals surface area contributed by atoms with Crippen LogP contribution in [0, 0.1) is 12.7 Å². The molecular weight excluding hydrogens is 402 g/mol. The van der Waals surface area contributed by atoms with Gasteiger partial charge in [0.25, 0.3) is 10.0 Å². The Morgan fingerprint density at radius 1 is 1.15 bits per heavy atom. The molecule has 0 spiro atoms. The van der Waals surface area contributed by atoms with Crippen LogP contribution in [0.5, 0.6) is 0 Å². The standard InChI is InChI=1S/C17H11Cl2FN2O3S/c1-8-10-6-9(20)2-5-14(10)25-17(8)26(23,24)22-13-4-3-11(18)15-12(19)7-21-16(13)15/h2-7,21-22H,1H3. The van der Waals surface area contributed by atoms with Gasteiger partial charge in [0.05, 0.1) is 21.2 Å². The van der Waals surface area contributed by atoms with Gasteiger partial charge in [-0.2, -0.15) is 8.42 Å². The van der Waals surface area contributed by atoms with E-state index in [1.165, 1.54) is 30.5 Å². The van der Waals surface area contributed by atoms with E-state index in [1.807, 2.05) is 0 Å². The minimum Gasteiger partial charge on any atom is -0.442 e. The van der Waals surface area contributed by atoms with Gasteiger partial charge < -0.3 is 9.40 Å². The molecule has 2 N–H and O–H groups in total. The van der Waals surface area contributed by atoms with Crippen LogP contribution in [0.2, 0.25) is 10.0 Å². The van der Waals surface area contributed by atoms with Crippen LogP contribution in [-0.4, -0.2) is 13.4 Å². The predicted octanol–water partition coefficient (Wildman–Crippen LogP) is 5.47. The molecule has 0 unspecified atom stereocenters. The van der Waals surface area contributed by atoms with Crippen LogP contribution in [0.1, 0.15) is 5.56 Å². The van der Waals surface area contributed by atoms with Gasteiger partial charge in [0, 0.05) is 22.5 Å². The molecule has 0 fully saturated rings. The van der Waals surface area contributed by atoms with E-state index >= 15 is 0 Å². The van der Waals surface area contributed by atoms with Gasteiger partial charge >= 0.3 is 0 Å². The van der Waals surface area contributed by atoms with E-state index in [4.69, 9.17) is 27.6 Å². The molecule has 2 heterocycles. The Hall–Kier alpha value is -2.22. The second-order valence-corrected chi connectivity index (χ2v) is 8.14. The van der Waals surface area contributed by atoms with Crippen LogP contribution in [-0.2, 0) is 10.0 Å². The van der Waals surface area contributed by atoms with Gasteiger partial charge in [-0.1, -0.05) is 23.2 Å². The predicted molar refractivity (Wildman–Crippen MR) is 100 cm³/mol. The molecule has 0 aliphatic carbocycles. The van der Waals surface area contributed by atoms with Crippen LogP contribution >= 0.6 is 23.2 Å². The fourth-order valence-electron chi connectivity index (χ4n) is 2.87. The van der Waals surface area contributed by atoms with Gasteiger partial charge in [0.1, 0.15) is 11.4 Å². The summed E-state index contributed by atoms with van der Waals surface area (Å²) in [5, 5.41) is 1.40. The van der Waals surface area contributed by atoms with Crippen molar-refractivity contribution in [1.29, 1.82) is 0 Å². The normalized spacial score (nSPS) is 12.2. The van der Waals surface area contributed by atoms with E-state index in [0.29, 0.717) is 31.9 Å². The lowest BCUT2D eigenvalue weighted by Gasteiger charge is -2.08. The number of aromatic nitrogens is 1. The molecule has 9 heteroatoms. The number of fused-ring (bicyclic) bond motifs is 2. The molecule has 0 aliphatic heterocycles. The van der Waals surface area contributed by atoms with Crippen molar-refractivity contribution in [3.8, 4) is 0 Å². The van der Waals surface area contributed by atoms with E-state index < -0.39 is 15.8 Å². The molecule has 0 saturated heterocycles. The molecule has 4 rings (SSSR count). The van der Waals surface area contributed by atoms with Gasteiger partial charge in [-0.05, 0) is 37.3 Å². The molecular formula is C17H11Cl2FN2O3S. The van der Waals surface area contributed by atoms with Gasteiger partial charge in [0.15, 0.2) is 0 Å². The number of aryl methyl sites for hydroxylation is 1. The fourth-order valence-corrected chi connectivity index (χ4v) is 4.69. The quantitative estimate of drug-likeness (QED) is 0.468. The molecule has 0 saturated carbocycles. The lowest BCUT2D eigenvalue weighted by molar-refractivity contribution is 0.479. The summed E-state index contributed by atoms with van der Waals surface area (Å²) in [6.45, 7) is 1.56. The number of hydrogen-bond acceptors (Lipinski definition) is 3. The number of rotatable bonds is 3. The number of benzene rings is 2. The number of sulfonamides is 1. The lowest BCUT2D eigenvalue weighted by atomic mass is 10.2. The zero-order valence-corrected chi connectivity index (χ0v) is 15.6. The molecule has 26 heavy (non-hydrogen) atoms. The topological polar surface area (TPSA) is 75.1 Å². The Kier molecular flexibility index (Phi) is 3.91. The van der Waals surface area contributed by atoms with Crippen molar-refractivity contribution >= 4 is 60.8 Å². The van der Waals surface area contributed by atoms with Crippen molar-refractivity contribution < 1.29 is 17.2 Å². The number of furan rings is 1. The van der Waals surface area contributed by atoms with Gasteiger partial charge in [-0.3, -0.25) is 4.72 Å². The summed E-state index contributed by atoms with van der Waals surface area (Å²) in [7, 11) is -4.06. The Bertz CT molecular complexity index is 1280. The van der Waals surface area contributed by atoms with Crippen LogP contribution in [0.4, 0.5) is 10.1 Å². The molecule has 2 aromatic carbocycles. The molecule has 5 nitrogen and oxygen atoms in total. The van der Waals surface area contributed by atoms with Gasteiger partial charge in [-0.15, -0.1) is 0 Å². The number of aromatic amines is 1. The summed E-state index contributed by atoms with van der Waals surface area (Å²) in [6.07, 6.45) is 1.52. The van der Waals surface area contributed by atoms with Crippen molar-refractivity contribution in [3.05, 3.63) is 58.0 Å². The first-order chi connectivity index (χ1) is 12.3. The Morgan fingerprint density at radius 2 is 1.92 bits per heavy atom. The summed E-state index contributed by atoms with van der Waals surface area (Å²) in [4.78, 5) is 2.90. The molecule has 0 radical (unpaired) electrons. The monoisotopic (exact) mass is 412 g/mol. The highest BCUT2D eigenvalue weighted by atomic mass is 35.5. The average molecular weight is 413 g/mol. The molecule has 0 amide bonds. The maximum Gasteiger partial charge on any atom is 0.295 e. The molecule has 0 atom stereocenters. The summed E-state index contributed by atoms with van der Waals surface area (Å²) in [5.41, 5.74) is 1.32. The van der Waals surface area contributed by atoms with E-state index in [-0.39, 0.29) is 16.4 Å². The molecule has 0 bridgehead atoms. The summed E-state index contributed by atoms with van der Waals surface area (Å²) in [5.74, 6) is -0.473. The molecule has 4 aromatic rings. The third-order valence-electron chi connectivity index (χ3n) is 4.08. The number of H-pyrrole nitrogens is 1. The van der Waals surface area contributed by atoms with Gasteiger partial charge in [0.2, 0.25) is 5.09 Å². The highest BCUT2D eigenvalue weighted by molar-refractivity contribution is 7.92. The van der Waals surface area contributed by atoms with E-state index in [9.17, 15) is 12.8 Å². The number of halogens is 3. The smallest absolute Gasteiger partial charge is 0.295 e. The van der Waals surface area contributed by atoms with Crippen LogP contribution < -0.4 is 4.72 Å². The number of anilines is 1. The highest BCUT2D eigenvalue weighted by Crippen LogP contribution is 2.36. The highest BCUT2D eigenvalue weighted by Gasteiger charge is 2.25. The SMILES string of the molecule is Cc1c(S(=O)(=O)Nc2ccc(Cl)c3c(Cl)c[nH]c23)oc2ccc(F)cc12. The molecule has 0 aliphatic rings. The molecule has 134 valence electrons. The average Bonchev–Trinajstić information content (AvgIpc) is 3.13. The first-order valence-corrected chi connectivity index (χ1v) is 9.68. The van der Waals surface area contributed by atoms with Crippen LogP contribution in [0.3, 0.4) is 0 Å². The maximum atomic E-state index is 13.4. The van der Waals surface area contributed by atoms with Crippen molar-refractivity contribution in [2.75, 3.05) is 4.72 Å². The third-order valence-corrected chi connectivity index (χ3v) is 6.06. The molecule has 2 aromatic heterocycles. The zero-order valence-electron chi connectivity index (χ0n) is 13.2. The van der Waals surface area contributed by atoms with Crippen molar-refractivity contribution in [2.24, 2.45) is 0 Å². The maximum absolute atomic E-state index is 13.4. The van der Waals surface area contributed by atoms with Crippen molar-refractivity contribution in [3.63, 3.8) is 0 Å². The summed E-state index contributed by atoms with van der Waals surface area (Å²) >= 11 is 12.2. The minimum atomic E-state index is -4.06. The van der Waals surface area contributed by atoms with Crippen LogP contribution in [0.15, 0.2) is 46.0 Å².